The molecule has 0 fully saturated rings. The van der Waals surface area contributed by atoms with E-state index in [9.17, 15) is 9.59 Å². The molecule has 6 nitrogen and oxygen atoms in total. The highest BCUT2D eigenvalue weighted by Crippen LogP contribution is 2.31. The van der Waals surface area contributed by atoms with Crippen molar-refractivity contribution in [3.8, 4) is 0 Å². The van der Waals surface area contributed by atoms with Crippen molar-refractivity contribution in [1.82, 2.24) is 4.98 Å². The molecule has 156 valence electrons. The van der Waals surface area contributed by atoms with Gasteiger partial charge in [-0.25, -0.2) is 9.98 Å². The van der Waals surface area contributed by atoms with Crippen molar-refractivity contribution >= 4 is 46.3 Å². The molecule has 0 saturated heterocycles. The van der Waals surface area contributed by atoms with Crippen LogP contribution in [0.1, 0.15) is 24.5 Å². The normalized spacial score (nSPS) is 13.3. The van der Waals surface area contributed by atoms with Crippen LogP contribution in [0.15, 0.2) is 71.9 Å². The number of aliphatic imine (C=N–C) groups is 1. The fourth-order valence-electron chi connectivity index (χ4n) is 3.40. The summed E-state index contributed by atoms with van der Waals surface area (Å²) < 4.78 is 0. The second-order valence-corrected chi connectivity index (χ2v) is 7.61. The zero-order valence-corrected chi connectivity index (χ0v) is 17.8. The third-order valence-corrected chi connectivity index (χ3v) is 5.24. The third kappa shape index (κ3) is 4.81. The fourth-order valence-corrected chi connectivity index (χ4v) is 3.59. The molecular weight excluding hydrogens is 412 g/mol. The number of hydrogen-bond donors (Lipinski definition) is 1. The predicted molar refractivity (Wildman–Crippen MR) is 123 cm³/mol. The van der Waals surface area contributed by atoms with Crippen molar-refractivity contribution in [2.24, 2.45) is 4.99 Å². The van der Waals surface area contributed by atoms with Crippen molar-refractivity contribution in [2.75, 3.05) is 16.8 Å². The number of carbonyl (C=O) groups excluding carboxylic acids is 2. The molecule has 7 heteroatoms. The van der Waals surface area contributed by atoms with Gasteiger partial charge in [0.25, 0.3) is 0 Å². The van der Waals surface area contributed by atoms with Gasteiger partial charge in [-0.1, -0.05) is 48.9 Å². The maximum Gasteiger partial charge on any atom is 0.244 e. The Bertz CT molecular complexity index is 1160. The van der Waals surface area contributed by atoms with E-state index in [2.05, 4.69) is 17.2 Å². The minimum Gasteiger partial charge on any atom is -0.324 e. The van der Waals surface area contributed by atoms with Crippen molar-refractivity contribution in [3.63, 3.8) is 0 Å². The molecule has 2 amide bonds. The molecule has 0 aliphatic carbocycles. The van der Waals surface area contributed by atoms with Gasteiger partial charge in [0.1, 0.15) is 12.2 Å². The molecule has 1 aliphatic heterocycles. The zero-order valence-electron chi connectivity index (χ0n) is 17.0. The highest BCUT2D eigenvalue weighted by atomic mass is 35.5. The first-order valence-corrected chi connectivity index (χ1v) is 10.4. The second kappa shape index (κ2) is 9.10. The molecule has 3 aromatic rings. The van der Waals surface area contributed by atoms with Gasteiger partial charge in [-0.05, 0) is 47.9 Å². The minimum atomic E-state index is -0.344. The lowest BCUT2D eigenvalue weighted by Crippen LogP contribution is -2.38. The summed E-state index contributed by atoms with van der Waals surface area (Å²) in [6.45, 7) is 1.92. The molecule has 0 radical (unpaired) electrons. The van der Waals surface area contributed by atoms with Crippen LogP contribution in [0.4, 0.5) is 17.2 Å². The number of aryl methyl sites for hydroxylation is 1. The van der Waals surface area contributed by atoms with E-state index in [4.69, 9.17) is 16.6 Å². The molecule has 1 N–H and O–H groups in total. The number of carbonyl (C=O) groups is 2. The Balaban J connectivity index is 1.60. The summed E-state index contributed by atoms with van der Waals surface area (Å²) in [5.41, 5.74) is 3.86. The highest BCUT2D eigenvalue weighted by Gasteiger charge is 2.27. The topological polar surface area (TPSA) is 74.7 Å². The summed E-state index contributed by atoms with van der Waals surface area (Å²) in [4.78, 5) is 36.2. The van der Waals surface area contributed by atoms with Gasteiger partial charge in [-0.15, -0.1) is 0 Å². The van der Waals surface area contributed by atoms with E-state index in [1.54, 1.807) is 42.6 Å². The van der Waals surface area contributed by atoms with E-state index in [0.29, 0.717) is 27.9 Å². The Hall–Kier alpha value is -3.51. The lowest BCUT2D eigenvalue weighted by Gasteiger charge is -2.20. The van der Waals surface area contributed by atoms with Gasteiger partial charge in [-0.3, -0.25) is 14.5 Å². The van der Waals surface area contributed by atoms with E-state index in [-0.39, 0.29) is 24.8 Å². The van der Waals surface area contributed by atoms with Crippen LogP contribution in [0.3, 0.4) is 0 Å². The molecule has 4 rings (SSSR count). The van der Waals surface area contributed by atoms with E-state index in [1.165, 1.54) is 10.5 Å². The van der Waals surface area contributed by atoms with Crippen molar-refractivity contribution in [3.05, 3.63) is 83.0 Å². The summed E-state index contributed by atoms with van der Waals surface area (Å²) >= 11 is 5.98. The first-order valence-electron chi connectivity index (χ1n) is 10.0. The molecule has 0 unspecified atom stereocenters. The lowest BCUT2D eigenvalue weighted by atomic mass is 10.0. The van der Waals surface area contributed by atoms with E-state index in [0.717, 1.165) is 12.0 Å². The smallest absolute Gasteiger partial charge is 0.244 e. The van der Waals surface area contributed by atoms with Gasteiger partial charge in [0, 0.05) is 16.9 Å². The molecule has 31 heavy (non-hydrogen) atoms. The summed E-state index contributed by atoms with van der Waals surface area (Å²) in [6, 6.07) is 18.4. The number of hydrogen-bond acceptors (Lipinski definition) is 4. The zero-order chi connectivity index (χ0) is 21.8. The summed E-state index contributed by atoms with van der Waals surface area (Å²) in [6.07, 6.45) is 2.60. The largest absolute Gasteiger partial charge is 0.324 e. The van der Waals surface area contributed by atoms with Gasteiger partial charge < -0.3 is 5.32 Å². The van der Waals surface area contributed by atoms with E-state index >= 15 is 0 Å². The van der Waals surface area contributed by atoms with Crippen LogP contribution in [0.25, 0.3) is 0 Å². The average Bonchev–Trinajstić information content (AvgIpc) is 2.90. The molecule has 2 aromatic carbocycles. The molecular formula is C24H21ClN4O2. The number of anilines is 2. The second-order valence-electron chi connectivity index (χ2n) is 7.17. The van der Waals surface area contributed by atoms with Crippen LogP contribution in [-0.4, -0.2) is 29.1 Å². The average molecular weight is 433 g/mol. The standard InChI is InChI=1S/C24H21ClN4O2/c1-2-16-8-10-17(11-9-16)21-14-23(31)29(24-20(28-21)7-4-12-26-24)15-22(30)27-19-6-3-5-18(25)13-19/h3-13H,2,14-15H2,1H3,(H,27,30). The van der Waals surface area contributed by atoms with E-state index in [1.807, 2.05) is 24.3 Å². The molecule has 0 spiro atoms. The number of fused-ring (bicyclic) bond motifs is 1. The number of benzene rings is 2. The number of nitrogens with zero attached hydrogens (tertiary/aromatic N) is 3. The van der Waals surface area contributed by atoms with Crippen molar-refractivity contribution in [1.29, 1.82) is 0 Å². The van der Waals surface area contributed by atoms with Crippen LogP contribution >= 0.6 is 11.6 Å². The maximum atomic E-state index is 13.1. The SMILES string of the molecule is CCc1ccc(C2=Nc3cccnc3N(CC(=O)Nc3cccc(Cl)c3)C(=O)C2)cc1. The molecule has 2 heterocycles. The number of pyridine rings is 1. The van der Waals surface area contributed by atoms with Crippen LogP contribution in [0.2, 0.25) is 5.02 Å². The Labute approximate surface area is 185 Å². The Morgan fingerprint density at radius 3 is 2.68 bits per heavy atom. The number of amides is 2. The van der Waals surface area contributed by atoms with Gasteiger partial charge >= 0.3 is 0 Å². The maximum absolute atomic E-state index is 13.1. The van der Waals surface area contributed by atoms with Crippen LogP contribution in [-0.2, 0) is 16.0 Å². The molecule has 0 atom stereocenters. The van der Waals surface area contributed by atoms with Gasteiger partial charge in [-0.2, -0.15) is 0 Å². The number of halogens is 1. The Morgan fingerprint density at radius 1 is 1.13 bits per heavy atom. The fraction of sp³-hybridized carbons (Fsp3) is 0.167. The molecule has 1 aromatic heterocycles. The number of aromatic nitrogens is 1. The monoisotopic (exact) mass is 432 g/mol. The van der Waals surface area contributed by atoms with E-state index < -0.39 is 0 Å². The van der Waals surface area contributed by atoms with Crippen LogP contribution < -0.4 is 10.2 Å². The lowest BCUT2D eigenvalue weighted by molar-refractivity contribution is -0.120. The number of nitrogens with one attached hydrogen (secondary N) is 1. The van der Waals surface area contributed by atoms with Crippen LogP contribution in [0.5, 0.6) is 0 Å². The highest BCUT2D eigenvalue weighted by molar-refractivity contribution is 6.31. The predicted octanol–water partition coefficient (Wildman–Crippen LogP) is 4.79. The summed E-state index contributed by atoms with van der Waals surface area (Å²) in [5, 5.41) is 3.29. The summed E-state index contributed by atoms with van der Waals surface area (Å²) in [5.74, 6) is -0.214. The summed E-state index contributed by atoms with van der Waals surface area (Å²) in [7, 11) is 0. The number of rotatable bonds is 5. The first kappa shape index (κ1) is 20.8. The first-order chi connectivity index (χ1) is 15.0. The Morgan fingerprint density at radius 2 is 1.94 bits per heavy atom. The van der Waals surface area contributed by atoms with Gasteiger partial charge in [0.05, 0.1) is 12.1 Å². The quantitative estimate of drug-likeness (QED) is 0.629. The molecule has 0 bridgehead atoms. The third-order valence-electron chi connectivity index (χ3n) is 5.00. The minimum absolute atomic E-state index is 0.0757. The van der Waals surface area contributed by atoms with Crippen molar-refractivity contribution in [2.45, 2.75) is 19.8 Å². The molecule has 0 saturated carbocycles. The van der Waals surface area contributed by atoms with Gasteiger partial charge in [0.15, 0.2) is 5.82 Å². The Kier molecular flexibility index (Phi) is 6.09. The molecule has 1 aliphatic rings. The van der Waals surface area contributed by atoms with Crippen LogP contribution in [0, 0.1) is 0 Å². The van der Waals surface area contributed by atoms with Crippen molar-refractivity contribution < 1.29 is 9.59 Å². The van der Waals surface area contributed by atoms with Gasteiger partial charge in [0.2, 0.25) is 11.8 Å².